The number of carboxylic acids is 1. The number of hydrogen-bond donors (Lipinski definition) is 1. The van der Waals surface area contributed by atoms with Gasteiger partial charge in [-0.05, 0) is 30.2 Å². The van der Waals surface area contributed by atoms with Crippen LogP contribution in [0.2, 0.25) is 0 Å². The first kappa shape index (κ1) is 17.9. The summed E-state index contributed by atoms with van der Waals surface area (Å²) in [4.78, 5) is 27.6. The second kappa shape index (κ2) is 7.53. The van der Waals surface area contributed by atoms with Gasteiger partial charge in [0.15, 0.2) is 5.78 Å². The Kier molecular flexibility index (Phi) is 5.18. The smallest absolute Gasteiger partial charge is 0.173 e. The highest BCUT2D eigenvalue weighted by Gasteiger charge is 2.18. The van der Waals surface area contributed by atoms with Gasteiger partial charge in [0.25, 0.3) is 0 Å². The molecular formula is C19H16NO5S-. The first-order valence-corrected chi connectivity index (χ1v) is 8.85. The van der Waals surface area contributed by atoms with E-state index < -0.39 is 12.6 Å². The van der Waals surface area contributed by atoms with Crippen LogP contribution in [-0.4, -0.2) is 28.4 Å². The van der Waals surface area contributed by atoms with Crippen molar-refractivity contribution in [3.63, 3.8) is 0 Å². The maximum atomic E-state index is 12.6. The number of Topliss-reactive ketones (excluding diaryl/α,β-unsaturated/α-hetero) is 1. The summed E-state index contributed by atoms with van der Waals surface area (Å²) in [5.41, 5.74) is 1.64. The normalized spacial score (nSPS) is 10.8. The molecule has 0 saturated carbocycles. The number of ketones is 1. The quantitative estimate of drug-likeness (QED) is 0.640. The monoisotopic (exact) mass is 370 g/mol. The number of aliphatic carboxylic acids is 1. The number of hydrogen-bond acceptors (Lipinski definition) is 7. The van der Waals surface area contributed by atoms with Gasteiger partial charge in [0.05, 0.1) is 28.2 Å². The number of para-hydroxylation sites is 1. The Hall–Kier alpha value is -2.93. The molecule has 0 aliphatic heterocycles. The lowest BCUT2D eigenvalue weighted by Gasteiger charge is -2.13. The standard InChI is InChI=1S/C19H17NO5S/c1-2-11-7-12(14(21)8-16(11)25-10-19(23)24)15(22)9-18-20-13-5-3-4-6-17(13)26-18/h3-8,21H,2,9-10H2,1H3,(H,23,24)/p-1. The van der Waals surface area contributed by atoms with Gasteiger partial charge < -0.3 is 19.7 Å². The molecule has 2 aromatic carbocycles. The molecule has 3 aromatic rings. The van der Waals surface area contributed by atoms with Crippen LogP contribution in [0.4, 0.5) is 0 Å². The van der Waals surface area contributed by atoms with Crippen LogP contribution in [0.1, 0.15) is 27.9 Å². The van der Waals surface area contributed by atoms with Gasteiger partial charge >= 0.3 is 0 Å². The second-order valence-electron chi connectivity index (χ2n) is 5.67. The molecule has 6 nitrogen and oxygen atoms in total. The van der Waals surface area contributed by atoms with Crippen LogP contribution in [0.15, 0.2) is 36.4 Å². The third kappa shape index (κ3) is 3.83. The van der Waals surface area contributed by atoms with Crippen molar-refractivity contribution in [1.29, 1.82) is 0 Å². The van der Waals surface area contributed by atoms with E-state index in [9.17, 15) is 19.8 Å². The number of aryl methyl sites for hydroxylation is 1. The summed E-state index contributed by atoms with van der Waals surface area (Å²) in [6.45, 7) is 1.23. The molecule has 134 valence electrons. The van der Waals surface area contributed by atoms with Gasteiger partial charge in [-0.2, -0.15) is 0 Å². The van der Waals surface area contributed by atoms with E-state index in [2.05, 4.69) is 4.98 Å². The molecule has 0 atom stereocenters. The number of fused-ring (bicyclic) bond motifs is 1. The van der Waals surface area contributed by atoms with Crippen LogP contribution in [0.5, 0.6) is 11.5 Å². The number of carbonyl (C=O) groups is 2. The Morgan fingerprint density at radius 3 is 2.73 bits per heavy atom. The predicted octanol–water partition coefficient (Wildman–Crippen LogP) is 2.12. The van der Waals surface area contributed by atoms with Gasteiger partial charge in [-0.25, -0.2) is 4.98 Å². The molecule has 0 fully saturated rings. The maximum absolute atomic E-state index is 12.6. The van der Waals surface area contributed by atoms with Crippen LogP contribution in [-0.2, 0) is 17.6 Å². The number of carbonyl (C=O) groups excluding carboxylic acids is 2. The summed E-state index contributed by atoms with van der Waals surface area (Å²) in [7, 11) is 0. The lowest BCUT2D eigenvalue weighted by molar-refractivity contribution is -0.307. The molecule has 26 heavy (non-hydrogen) atoms. The summed E-state index contributed by atoms with van der Waals surface area (Å²) < 4.78 is 6.12. The molecule has 0 unspecified atom stereocenters. The third-order valence-corrected chi connectivity index (χ3v) is 4.89. The number of thiazole rings is 1. The van der Waals surface area contributed by atoms with E-state index in [0.717, 1.165) is 10.2 Å². The number of aromatic nitrogens is 1. The van der Waals surface area contributed by atoms with Crippen molar-refractivity contribution in [2.24, 2.45) is 0 Å². The van der Waals surface area contributed by atoms with E-state index in [4.69, 9.17) is 4.74 Å². The third-order valence-electron chi connectivity index (χ3n) is 3.86. The SMILES string of the molecule is CCc1cc(C(=O)Cc2nc3ccccc3s2)c(O)cc1OCC(=O)[O-]. The first-order chi connectivity index (χ1) is 12.5. The van der Waals surface area contributed by atoms with Crippen LogP contribution < -0.4 is 9.84 Å². The zero-order chi connectivity index (χ0) is 18.7. The van der Waals surface area contributed by atoms with Gasteiger partial charge in [-0.1, -0.05) is 19.1 Å². The minimum Gasteiger partial charge on any atom is -0.546 e. The minimum absolute atomic E-state index is 0.0787. The summed E-state index contributed by atoms with van der Waals surface area (Å²) in [6, 6.07) is 10.4. The second-order valence-corrected chi connectivity index (χ2v) is 6.78. The van der Waals surface area contributed by atoms with Crippen LogP contribution in [0, 0.1) is 0 Å². The van der Waals surface area contributed by atoms with Gasteiger partial charge in [0.1, 0.15) is 23.1 Å². The fourth-order valence-electron chi connectivity index (χ4n) is 2.61. The molecule has 0 bridgehead atoms. The first-order valence-electron chi connectivity index (χ1n) is 8.04. The molecule has 3 rings (SSSR count). The Labute approximate surface area is 153 Å². The topological polar surface area (TPSA) is 99.6 Å². The highest BCUT2D eigenvalue weighted by molar-refractivity contribution is 7.18. The number of aromatic hydroxyl groups is 1. The molecule has 1 heterocycles. The highest BCUT2D eigenvalue weighted by Crippen LogP contribution is 2.31. The number of phenolic OH excluding ortho intramolecular Hbond substituents is 1. The average molecular weight is 370 g/mol. The summed E-state index contributed by atoms with van der Waals surface area (Å²) in [5, 5.41) is 21.4. The molecule has 0 aliphatic rings. The summed E-state index contributed by atoms with van der Waals surface area (Å²) in [6.07, 6.45) is 0.597. The van der Waals surface area contributed by atoms with Crippen molar-refractivity contribution < 1.29 is 24.5 Å². The fraction of sp³-hybridized carbons (Fsp3) is 0.211. The zero-order valence-corrected chi connectivity index (χ0v) is 14.8. The van der Waals surface area contributed by atoms with Crippen LogP contribution in [0.25, 0.3) is 10.2 Å². The van der Waals surface area contributed by atoms with E-state index in [0.29, 0.717) is 17.0 Å². The lowest BCUT2D eigenvalue weighted by atomic mass is 10.0. The largest absolute Gasteiger partial charge is 0.546 e. The lowest BCUT2D eigenvalue weighted by Crippen LogP contribution is -2.29. The molecule has 0 radical (unpaired) electrons. The Balaban J connectivity index is 1.85. The van der Waals surface area contributed by atoms with Crippen molar-refractivity contribution in [1.82, 2.24) is 4.98 Å². The van der Waals surface area contributed by atoms with E-state index in [-0.39, 0.29) is 29.3 Å². The molecule has 1 N–H and O–H groups in total. The molecule has 0 amide bonds. The molecular weight excluding hydrogens is 354 g/mol. The van der Waals surface area contributed by atoms with Gasteiger partial charge in [-0.15, -0.1) is 11.3 Å². The van der Waals surface area contributed by atoms with Crippen molar-refractivity contribution in [3.05, 3.63) is 52.5 Å². The molecule has 7 heteroatoms. The van der Waals surface area contributed by atoms with E-state index in [1.165, 1.54) is 23.5 Å². The Bertz CT molecular complexity index is 946. The number of phenols is 1. The highest BCUT2D eigenvalue weighted by atomic mass is 32.1. The van der Waals surface area contributed by atoms with Gasteiger partial charge in [0, 0.05) is 6.07 Å². The van der Waals surface area contributed by atoms with E-state index >= 15 is 0 Å². The number of benzene rings is 2. The number of rotatable bonds is 7. The maximum Gasteiger partial charge on any atom is 0.173 e. The predicted molar refractivity (Wildman–Crippen MR) is 95.6 cm³/mol. The van der Waals surface area contributed by atoms with E-state index in [1.54, 1.807) is 0 Å². The Morgan fingerprint density at radius 2 is 2.04 bits per heavy atom. The van der Waals surface area contributed by atoms with Crippen LogP contribution in [0.3, 0.4) is 0 Å². The number of carboxylic acid groups (broad SMARTS) is 1. The molecule has 0 aliphatic carbocycles. The zero-order valence-electron chi connectivity index (χ0n) is 14.0. The van der Waals surface area contributed by atoms with Crippen molar-refractivity contribution >= 4 is 33.3 Å². The number of ether oxygens (including phenoxy) is 1. The van der Waals surface area contributed by atoms with Crippen molar-refractivity contribution in [2.45, 2.75) is 19.8 Å². The van der Waals surface area contributed by atoms with Crippen molar-refractivity contribution in [3.8, 4) is 11.5 Å². The summed E-state index contributed by atoms with van der Waals surface area (Å²) >= 11 is 1.44. The minimum atomic E-state index is -1.36. The average Bonchev–Trinajstić information content (AvgIpc) is 3.01. The fourth-order valence-corrected chi connectivity index (χ4v) is 3.58. The van der Waals surface area contributed by atoms with Gasteiger partial charge in [-0.3, -0.25) is 4.79 Å². The van der Waals surface area contributed by atoms with Crippen LogP contribution >= 0.6 is 11.3 Å². The van der Waals surface area contributed by atoms with E-state index in [1.807, 2.05) is 31.2 Å². The number of nitrogens with zero attached hydrogens (tertiary/aromatic N) is 1. The van der Waals surface area contributed by atoms with Crippen molar-refractivity contribution in [2.75, 3.05) is 6.61 Å². The molecule has 0 saturated heterocycles. The molecule has 1 aromatic heterocycles. The summed E-state index contributed by atoms with van der Waals surface area (Å²) in [5.74, 6) is -1.64. The Morgan fingerprint density at radius 1 is 1.27 bits per heavy atom. The molecule has 0 spiro atoms. The van der Waals surface area contributed by atoms with Gasteiger partial charge in [0.2, 0.25) is 0 Å².